The summed E-state index contributed by atoms with van der Waals surface area (Å²) >= 11 is 1.59. The van der Waals surface area contributed by atoms with Crippen LogP contribution in [0.4, 0.5) is 0 Å². The molecular formula is C19H18N2O3S. The number of ether oxygens (including phenoxy) is 2. The molecule has 2 aromatic carbocycles. The molecule has 0 radical (unpaired) electrons. The van der Waals surface area contributed by atoms with Gasteiger partial charge in [-0.2, -0.15) is 5.26 Å². The molecule has 1 atom stereocenters. The Labute approximate surface area is 151 Å². The van der Waals surface area contributed by atoms with Crippen LogP contribution < -0.4 is 9.47 Å². The van der Waals surface area contributed by atoms with E-state index in [-0.39, 0.29) is 11.3 Å². The van der Waals surface area contributed by atoms with E-state index in [1.54, 1.807) is 38.1 Å². The number of carbonyl (C=O) groups excluding carboxylic acids is 1. The lowest BCUT2D eigenvalue weighted by atomic mass is 10.1. The zero-order valence-corrected chi connectivity index (χ0v) is 14.9. The number of hydrogen-bond acceptors (Lipinski definition) is 5. The molecule has 0 saturated carbocycles. The fourth-order valence-corrected chi connectivity index (χ4v) is 4.07. The lowest BCUT2D eigenvalue weighted by molar-refractivity contribution is -0.128. The van der Waals surface area contributed by atoms with Gasteiger partial charge in [-0.25, -0.2) is 0 Å². The molecule has 0 bridgehead atoms. The van der Waals surface area contributed by atoms with E-state index in [4.69, 9.17) is 14.7 Å². The molecular weight excluding hydrogens is 336 g/mol. The van der Waals surface area contributed by atoms with Gasteiger partial charge in [-0.15, -0.1) is 11.8 Å². The molecule has 0 aliphatic carbocycles. The number of para-hydroxylation sites is 1. The Morgan fingerprint density at radius 2 is 1.96 bits per heavy atom. The normalized spacial score (nSPS) is 16.6. The average molecular weight is 354 g/mol. The zero-order chi connectivity index (χ0) is 17.8. The molecule has 25 heavy (non-hydrogen) atoms. The maximum absolute atomic E-state index is 12.4. The molecule has 128 valence electrons. The number of nitriles is 1. The number of nitrogens with zero attached hydrogens (tertiary/aromatic N) is 2. The largest absolute Gasteiger partial charge is 0.493 e. The van der Waals surface area contributed by atoms with Gasteiger partial charge in [-0.1, -0.05) is 24.3 Å². The third kappa shape index (κ3) is 3.42. The van der Waals surface area contributed by atoms with Gasteiger partial charge in [0.2, 0.25) is 5.91 Å². The quantitative estimate of drug-likeness (QED) is 0.824. The van der Waals surface area contributed by atoms with Crippen molar-refractivity contribution in [1.29, 1.82) is 5.26 Å². The topological polar surface area (TPSA) is 62.6 Å². The van der Waals surface area contributed by atoms with Crippen molar-refractivity contribution in [2.24, 2.45) is 0 Å². The minimum Gasteiger partial charge on any atom is -0.493 e. The van der Waals surface area contributed by atoms with Crippen molar-refractivity contribution in [2.45, 2.75) is 11.9 Å². The van der Waals surface area contributed by atoms with Gasteiger partial charge in [0, 0.05) is 5.56 Å². The van der Waals surface area contributed by atoms with Gasteiger partial charge in [-0.05, 0) is 23.8 Å². The summed E-state index contributed by atoms with van der Waals surface area (Å²) in [4.78, 5) is 14.3. The van der Waals surface area contributed by atoms with Crippen molar-refractivity contribution in [1.82, 2.24) is 4.90 Å². The molecule has 6 heteroatoms. The first kappa shape index (κ1) is 17.2. The van der Waals surface area contributed by atoms with Crippen molar-refractivity contribution in [3.63, 3.8) is 0 Å². The van der Waals surface area contributed by atoms with E-state index < -0.39 is 0 Å². The maximum Gasteiger partial charge on any atom is 0.234 e. The van der Waals surface area contributed by atoms with Crippen molar-refractivity contribution in [3.8, 4) is 17.6 Å². The van der Waals surface area contributed by atoms with Crippen molar-refractivity contribution < 1.29 is 14.3 Å². The molecule has 0 aromatic heterocycles. The van der Waals surface area contributed by atoms with Crippen LogP contribution in [-0.2, 0) is 11.3 Å². The zero-order valence-electron chi connectivity index (χ0n) is 14.1. The second-order valence-electron chi connectivity index (χ2n) is 5.57. The number of amides is 1. The molecule has 1 unspecified atom stereocenters. The summed E-state index contributed by atoms with van der Waals surface area (Å²) in [6.07, 6.45) is 0. The summed E-state index contributed by atoms with van der Waals surface area (Å²) in [5.74, 6) is 1.82. The van der Waals surface area contributed by atoms with Crippen molar-refractivity contribution >= 4 is 17.7 Å². The van der Waals surface area contributed by atoms with Crippen LogP contribution >= 0.6 is 11.8 Å². The molecule has 1 aliphatic heterocycles. The van der Waals surface area contributed by atoms with E-state index in [2.05, 4.69) is 6.07 Å². The predicted molar refractivity (Wildman–Crippen MR) is 96.5 cm³/mol. The fourth-order valence-electron chi connectivity index (χ4n) is 2.89. The minimum atomic E-state index is -0.0730. The predicted octanol–water partition coefficient (Wildman–Crippen LogP) is 3.35. The fraction of sp³-hybridized carbons (Fsp3) is 0.263. The average Bonchev–Trinajstić information content (AvgIpc) is 3.02. The van der Waals surface area contributed by atoms with E-state index in [0.29, 0.717) is 29.4 Å². The number of hydrogen-bond donors (Lipinski definition) is 0. The molecule has 1 saturated heterocycles. The van der Waals surface area contributed by atoms with Gasteiger partial charge in [-0.3, -0.25) is 4.79 Å². The number of benzene rings is 2. The minimum absolute atomic E-state index is 0.0730. The van der Waals surface area contributed by atoms with Gasteiger partial charge < -0.3 is 14.4 Å². The van der Waals surface area contributed by atoms with Crippen LogP contribution in [0, 0.1) is 11.3 Å². The summed E-state index contributed by atoms with van der Waals surface area (Å²) in [5.41, 5.74) is 2.52. The van der Waals surface area contributed by atoms with E-state index in [9.17, 15) is 4.79 Å². The molecule has 0 spiro atoms. The monoisotopic (exact) mass is 354 g/mol. The highest BCUT2D eigenvalue weighted by Crippen LogP contribution is 2.41. The molecule has 1 aliphatic rings. The lowest BCUT2D eigenvalue weighted by Crippen LogP contribution is -2.27. The Morgan fingerprint density at radius 3 is 2.60 bits per heavy atom. The Balaban J connectivity index is 1.89. The third-order valence-electron chi connectivity index (χ3n) is 4.12. The Hall–Kier alpha value is -2.65. The summed E-state index contributed by atoms with van der Waals surface area (Å²) < 4.78 is 10.8. The van der Waals surface area contributed by atoms with Gasteiger partial charge >= 0.3 is 0 Å². The number of methoxy groups -OCH3 is 2. The number of thioether (sulfide) groups is 1. The summed E-state index contributed by atoms with van der Waals surface area (Å²) in [6.45, 7) is 0.441. The molecule has 1 fully saturated rings. The van der Waals surface area contributed by atoms with Gasteiger partial charge in [0.15, 0.2) is 11.5 Å². The standard InChI is InChI=1S/C19H18N2O3S/c1-23-16-5-3-4-15(18(16)24-2)11-21-17(22)12-25-19(21)14-8-6-13(10-20)7-9-14/h3-9,19H,11-12H2,1-2H3. The van der Waals surface area contributed by atoms with Crippen LogP contribution in [-0.4, -0.2) is 30.8 Å². The summed E-state index contributed by atoms with van der Waals surface area (Å²) in [5, 5.41) is 8.87. The van der Waals surface area contributed by atoms with Crippen molar-refractivity contribution in [3.05, 3.63) is 59.2 Å². The van der Waals surface area contributed by atoms with Crippen LogP contribution in [0.3, 0.4) is 0 Å². The third-order valence-corrected chi connectivity index (χ3v) is 5.37. The molecule has 0 N–H and O–H groups in total. The van der Waals surface area contributed by atoms with Crippen LogP contribution in [0.1, 0.15) is 22.1 Å². The van der Waals surface area contributed by atoms with Gasteiger partial charge in [0.25, 0.3) is 0 Å². The van der Waals surface area contributed by atoms with E-state index in [1.807, 2.05) is 35.2 Å². The number of carbonyl (C=O) groups is 1. The highest BCUT2D eigenvalue weighted by atomic mass is 32.2. The first-order valence-electron chi connectivity index (χ1n) is 7.79. The van der Waals surface area contributed by atoms with Crippen LogP contribution in [0.5, 0.6) is 11.5 Å². The van der Waals surface area contributed by atoms with E-state index in [1.165, 1.54) is 0 Å². The van der Waals surface area contributed by atoms with Crippen LogP contribution in [0.15, 0.2) is 42.5 Å². The molecule has 1 amide bonds. The molecule has 1 heterocycles. The van der Waals surface area contributed by atoms with Crippen LogP contribution in [0.2, 0.25) is 0 Å². The van der Waals surface area contributed by atoms with Crippen molar-refractivity contribution in [2.75, 3.05) is 20.0 Å². The second-order valence-corrected chi connectivity index (χ2v) is 6.64. The smallest absolute Gasteiger partial charge is 0.234 e. The second kappa shape index (κ2) is 7.49. The highest BCUT2D eigenvalue weighted by molar-refractivity contribution is 8.00. The first-order chi connectivity index (χ1) is 12.2. The molecule has 2 aromatic rings. The molecule has 5 nitrogen and oxygen atoms in total. The lowest BCUT2D eigenvalue weighted by Gasteiger charge is -2.25. The van der Waals surface area contributed by atoms with Crippen LogP contribution in [0.25, 0.3) is 0 Å². The SMILES string of the molecule is COc1cccc(CN2C(=O)CSC2c2ccc(C#N)cc2)c1OC. The Morgan fingerprint density at radius 1 is 1.20 bits per heavy atom. The first-order valence-corrected chi connectivity index (χ1v) is 8.83. The Kier molecular flexibility index (Phi) is 5.15. The summed E-state index contributed by atoms with van der Waals surface area (Å²) in [6, 6.07) is 15.2. The maximum atomic E-state index is 12.4. The summed E-state index contributed by atoms with van der Waals surface area (Å²) in [7, 11) is 3.19. The van der Waals surface area contributed by atoms with Gasteiger partial charge in [0.1, 0.15) is 5.37 Å². The Bertz CT molecular complexity index is 814. The van der Waals surface area contributed by atoms with Gasteiger partial charge in [0.05, 0.1) is 38.1 Å². The number of rotatable bonds is 5. The van der Waals surface area contributed by atoms with E-state index >= 15 is 0 Å². The van der Waals surface area contributed by atoms with E-state index in [0.717, 1.165) is 11.1 Å². The highest BCUT2D eigenvalue weighted by Gasteiger charge is 2.33. The molecule has 3 rings (SSSR count).